The minimum absolute atomic E-state index is 0.00379. The molecule has 21 heavy (non-hydrogen) atoms. The van der Waals surface area contributed by atoms with Gasteiger partial charge in [0.1, 0.15) is 16.9 Å². The molecule has 0 amide bonds. The van der Waals surface area contributed by atoms with Crippen LogP contribution >= 0.6 is 15.9 Å². The quantitative estimate of drug-likeness (QED) is 0.735. The molecule has 0 saturated carbocycles. The van der Waals surface area contributed by atoms with Gasteiger partial charge in [0, 0.05) is 6.20 Å². The standard InChI is InChI=1S/C15H11BrN2O3/c16-14-12(21-9-10-4-2-1-3-5-10)6-7-13-17-11(15(19)20)8-18(13)14/h1-8H,9H2,(H,19,20). The van der Waals surface area contributed by atoms with Gasteiger partial charge in [-0.2, -0.15) is 0 Å². The van der Waals surface area contributed by atoms with Crippen LogP contribution in [0.25, 0.3) is 5.65 Å². The number of halogens is 1. The lowest BCUT2D eigenvalue weighted by molar-refractivity contribution is 0.0691. The topological polar surface area (TPSA) is 63.8 Å². The lowest BCUT2D eigenvalue weighted by atomic mass is 10.2. The third kappa shape index (κ3) is 2.75. The van der Waals surface area contributed by atoms with Gasteiger partial charge in [-0.3, -0.25) is 4.40 Å². The van der Waals surface area contributed by atoms with Crippen LogP contribution in [-0.2, 0) is 6.61 Å². The van der Waals surface area contributed by atoms with E-state index < -0.39 is 5.97 Å². The van der Waals surface area contributed by atoms with Crippen molar-refractivity contribution >= 4 is 27.5 Å². The smallest absolute Gasteiger partial charge is 0.356 e. The Morgan fingerprint density at radius 3 is 2.71 bits per heavy atom. The first-order valence-electron chi connectivity index (χ1n) is 6.23. The van der Waals surface area contributed by atoms with Crippen molar-refractivity contribution in [2.75, 3.05) is 0 Å². The zero-order chi connectivity index (χ0) is 14.8. The summed E-state index contributed by atoms with van der Waals surface area (Å²) in [5.41, 5.74) is 1.60. The molecule has 1 aromatic carbocycles. The van der Waals surface area contributed by atoms with Crippen LogP contribution in [0.3, 0.4) is 0 Å². The van der Waals surface area contributed by atoms with E-state index in [0.29, 0.717) is 22.6 Å². The molecule has 2 aromatic heterocycles. The summed E-state index contributed by atoms with van der Waals surface area (Å²) >= 11 is 3.42. The number of aromatic nitrogens is 2. The molecular formula is C15H11BrN2O3. The van der Waals surface area contributed by atoms with E-state index in [1.165, 1.54) is 6.20 Å². The molecule has 0 aliphatic rings. The average Bonchev–Trinajstić information content (AvgIpc) is 2.93. The van der Waals surface area contributed by atoms with E-state index in [0.717, 1.165) is 5.56 Å². The van der Waals surface area contributed by atoms with Crippen LogP contribution in [0.4, 0.5) is 0 Å². The van der Waals surface area contributed by atoms with Crippen molar-refractivity contribution < 1.29 is 14.6 Å². The number of nitrogens with zero attached hydrogens (tertiary/aromatic N) is 2. The zero-order valence-electron chi connectivity index (χ0n) is 10.9. The number of hydrogen-bond acceptors (Lipinski definition) is 3. The molecule has 3 aromatic rings. The Morgan fingerprint density at radius 2 is 2.00 bits per heavy atom. The second-order valence-electron chi connectivity index (χ2n) is 4.42. The second-order valence-corrected chi connectivity index (χ2v) is 5.17. The first-order chi connectivity index (χ1) is 10.1. The van der Waals surface area contributed by atoms with Crippen molar-refractivity contribution in [2.24, 2.45) is 0 Å². The van der Waals surface area contributed by atoms with Crippen molar-refractivity contribution in [1.82, 2.24) is 9.38 Å². The highest BCUT2D eigenvalue weighted by molar-refractivity contribution is 9.10. The Hall–Kier alpha value is -2.34. The van der Waals surface area contributed by atoms with Crippen molar-refractivity contribution in [1.29, 1.82) is 0 Å². The number of pyridine rings is 1. The van der Waals surface area contributed by atoms with Gasteiger partial charge in [-0.05, 0) is 33.6 Å². The maximum Gasteiger partial charge on any atom is 0.356 e. The first-order valence-corrected chi connectivity index (χ1v) is 7.02. The summed E-state index contributed by atoms with van der Waals surface area (Å²) in [4.78, 5) is 15.0. The van der Waals surface area contributed by atoms with Crippen LogP contribution in [0.2, 0.25) is 0 Å². The highest BCUT2D eigenvalue weighted by atomic mass is 79.9. The minimum Gasteiger partial charge on any atom is -0.486 e. The van der Waals surface area contributed by atoms with Gasteiger partial charge in [0.2, 0.25) is 0 Å². The van der Waals surface area contributed by atoms with Crippen LogP contribution in [0.15, 0.2) is 53.3 Å². The summed E-state index contributed by atoms with van der Waals surface area (Å²) in [5.74, 6) is -0.432. The Labute approximate surface area is 128 Å². The summed E-state index contributed by atoms with van der Waals surface area (Å²) in [5, 5.41) is 8.98. The molecule has 0 unspecified atom stereocenters. The third-order valence-corrected chi connectivity index (χ3v) is 3.76. The van der Waals surface area contributed by atoms with Crippen LogP contribution < -0.4 is 4.74 Å². The van der Waals surface area contributed by atoms with Gasteiger partial charge >= 0.3 is 5.97 Å². The first kappa shape index (κ1) is 13.6. The van der Waals surface area contributed by atoms with E-state index >= 15 is 0 Å². The second kappa shape index (κ2) is 5.57. The highest BCUT2D eigenvalue weighted by Crippen LogP contribution is 2.27. The Balaban J connectivity index is 1.89. The van der Waals surface area contributed by atoms with Crippen LogP contribution in [0.5, 0.6) is 5.75 Å². The number of rotatable bonds is 4. The van der Waals surface area contributed by atoms with Crippen LogP contribution in [-0.4, -0.2) is 20.5 Å². The van der Waals surface area contributed by atoms with E-state index in [-0.39, 0.29) is 5.69 Å². The molecule has 0 saturated heterocycles. The number of carboxylic acid groups (broad SMARTS) is 1. The fourth-order valence-electron chi connectivity index (χ4n) is 1.95. The van der Waals surface area contributed by atoms with E-state index in [2.05, 4.69) is 20.9 Å². The van der Waals surface area contributed by atoms with Gasteiger partial charge in [-0.1, -0.05) is 30.3 Å². The maximum absolute atomic E-state index is 11.0. The molecular weight excluding hydrogens is 336 g/mol. The third-order valence-electron chi connectivity index (χ3n) is 2.99. The molecule has 3 rings (SSSR count). The average molecular weight is 347 g/mol. The molecule has 2 heterocycles. The number of carboxylic acids is 1. The number of carbonyl (C=O) groups is 1. The molecule has 0 radical (unpaired) electrons. The highest BCUT2D eigenvalue weighted by Gasteiger charge is 2.13. The van der Waals surface area contributed by atoms with Crippen LogP contribution in [0.1, 0.15) is 16.1 Å². The van der Waals surface area contributed by atoms with Crippen molar-refractivity contribution in [3.8, 4) is 5.75 Å². The summed E-state index contributed by atoms with van der Waals surface area (Å²) in [6.07, 6.45) is 1.46. The number of fused-ring (bicyclic) bond motifs is 1. The largest absolute Gasteiger partial charge is 0.486 e. The van der Waals surface area contributed by atoms with Gasteiger partial charge in [0.25, 0.3) is 0 Å². The molecule has 6 heteroatoms. The number of benzene rings is 1. The molecule has 5 nitrogen and oxygen atoms in total. The lowest BCUT2D eigenvalue weighted by Gasteiger charge is -2.09. The van der Waals surface area contributed by atoms with Crippen LogP contribution in [0, 0.1) is 0 Å². The molecule has 106 valence electrons. The van der Waals surface area contributed by atoms with E-state index in [1.807, 2.05) is 30.3 Å². The Morgan fingerprint density at radius 1 is 1.24 bits per heavy atom. The number of hydrogen-bond donors (Lipinski definition) is 1. The van der Waals surface area contributed by atoms with E-state index in [4.69, 9.17) is 9.84 Å². The summed E-state index contributed by atoms with van der Waals surface area (Å²) in [7, 11) is 0. The summed E-state index contributed by atoms with van der Waals surface area (Å²) in [6, 6.07) is 13.3. The van der Waals surface area contributed by atoms with Gasteiger partial charge < -0.3 is 9.84 Å². The molecule has 0 aliphatic carbocycles. The molecule has 0 spiro atoms. The van der Waals surface area contributed by atoms with Gasteiger partial charge in [-0.15, -0.1) is 0 Å². The number of ether oxygens (including phenoxy) is 1. The molecule has 0 atom stereocenters. The van der Waals surface area contributed by atoms with Gasteiger partial charge in [0.15, 0.2) is 11.4 Å². The molecule has 1 N–H and O–H groups in total. The Kier molecular flexibility index (Phi) is 3.62. The lowest BCUT2D eigenvalue weighted by Crippen LogP contribution is -1.98. The number of aromatic carboxylic acids is 1. The van der Waals surface area contributed by atoms with Crippen molar-refractivity contribution in [3.63, 3.8) is 0 Å². The van der Waals surface area contributed by atoms with Gasteiger partial charge in [0.05, 0.1) is 0 Å². The Bertz CT molecular complexity index is 799. The summed E-state index contributed by atoms with van der Waals surface area (Å²) in [6.45, 7) is 0.436. The van der Waals surface area contributed by atoms with Gasteiger partial charge in [-0.25, -0.2) is 9.78 Å². The van der Waals surface area contributed by atoms with E-state index in [9.17, 15) is 4.79 Å². The molecule has 0 fully saturated rings. The normalized spacial score (nSPS) is 10.7. The SMILES string of the molecule is O=C(O)c1cn2c(Br)c(OCc3ccccc3)ccc2n1. The zero-order valence-corrected chi connectivity index (χ0v) is 12.4. The fraction of sp³-hybridized carbons (Fsp3) is 0.0667. The summed E-state index contributed by atoms with van der Waals surface area (Å²) < 4.78 is 8.04. The maximum atomic E-state index is 11.0. The van der Waals surface area contributed by atoms with Crippen molar-refractivity contribution in [2.45, 2.75) is 6.61 Å². The molecule has 0 aliphatic heterocycles. The fourth-order valence-corrected chi connectivity index (χ4v) is 2.48. The molecule has 0 bridgehead atoms. The van der Waals surface area contributed by atoms with Crippen molar-refractivity contribution in [3.05, 3.63) is 64.5 Å². The predicted octanol–water partition coefficient (Wildman–Crippen LogP) is 3.37. The predicted molar refractivity (Wildman–Crippen MR) is 80.6 cm³/mol. The minimum atomic E-state index is -1.06. The van der Waals surface area contributed by atoms with E-state index in [1.54, 1.807) is 16.5 Å². The number of imidazole rings is 1. The monoisotopic (exact) mass is 346 g/mol.